The van der Waals surface area contributed by atoms with E-state index in [2.05, 4.69) is 26.6 Å². The fourth-order valence-corrected chi connectivity index (χ4v) is 3.83. The Labute approximate surface area is 193 Å². The monoisotopic (exact) mass is 500 g/mol. The van der Waals surface area contributed by atoms with Crippen LogP contribution in [0, 0.1) is 0 Å². The van der Waals surface area contributed by atoms with Crippen molar-refractivity contribution in [3.05, 3.63) is 76.8 Å². The van der Waals surface area contributed by atoms with Crippen molar-refractivity contribution in [2.24, 2.45) is 0 Å². The Bertz CT molecular complexity index is 1050. The van der Waals surface area contributed by atoms with Crippen LogP contribution in [0.5, 0.6) is 11.5 Å². The number of halogens is 1. The van der Waals surface area contributed by atoms with Gasteiger partial charge in [-0.3, -0.25) is 9.59 Å². The van der Waals surface area contributed by atoms with Gasteiger partial charge in [-0.1, -0.05) is 28.1 Å². The van der Waals surface area contributed by atoms with Gasteiger partial charge in [0.1, 0.15) is 17.1 Å². The zero-order chi connectivity index (χ0) is 22.2. The second-order valence-electron chi connectivity index (χ2n) is 6.36. The second kappa shape index (κ2) is 10.9. The molecule has 0 saturated carbocycles. The smallest absolute Gasteiger partial charge is 0.263 e. The van der Waals surface area contributed by atoms with E-state index in [-0.39, 0.29) is 17.6 Å². The molecule has 0 radical (unpaired) electrons. The lowest BCUT2D eigenvalue weighted by Gasteiger charge is -2.13. The lowest BCUT2D eigenvalue weighted by molar-refractivity contribution is -0.113. The summed E-state index contributed by atoms with van der Waals surface area (Å²) in [6.07, 6.45) is 0. The molecule has 3 aromatic rings. The summed E-state index contributed by atoms with van der Waals surface area (Å²) in [5, 5.41) is 5.72. The standard InChI is InChI=1S/C23H21BrN2O4S/c1-29-19-7-4-8-20(30-2)22(19)23(28)26-17-5-3-6-18(13-17)31-14-21(27)25-16-11-9-15(24)10-12-16/h3-13H,14H2,1-2H3,(H,25,27)(H,26,28). The molecule has 2 amide bonds. The van der Waals surface area contributed by atoms with E-state index in [9.17, 15) is 9.59 Å². The number of amides is 2. The van der Waals surface area contributed by atoms with Crippen LogP contribution in [0.15, 0.2) is 76.1 Å². The van der Waals surface area contributed by atoms with Gasteiger partial charge in [0.15, 0.2) is 0 Å². The number of benzene rings is 3. The van der Waals surface area contributed by atoms with Crippen LogP contribution in [-0.2, 0) is 4.79 Å². The van der Waals surface area contributed by atoms with E-state index in [4.69, 9.17) is 9.47 Å². The molecule has 0 aliphatic carbocycles. The summed E-state index contributed by atoms with van der Waals surface area (Å²) >= 11 is 4.75. The second-order valence-corrected chi connectivity index (χ2v) is 8.33. The fraction of sp³-hybridized carbons (Fsp3) is 0.130. The average Bonchev–Trinajstić information content (AvgIpc) is 2.78. The molecule has 8 heteroatoms. The van der Waals surface area contributed by atoms with Gasteiger partial charge in [-0.25, -0.2) is 0 Å². The highest BCUT2D eigenvalue weighted by Gasteiger charge is 2.18. The predicted octanol–water partition coefficient (Wildman–Crippen LogP) is 5.45. The lowest BCUT2D eigenvalue weighted by atomic mass is 10.1. The highest BCUT2D eigenvalue weighted by atomic mass is 79.9. The molecule has 2 N–H and O–H groups in total. The first kappa shape index (κ1) is 22.7. The topological polar surface area (TPSA) is 76.7 Å². The number of methoxy groups -OCH3 is 2. The number of rotatable bonds is 8. The Balaban J connectivity index is 1.63. The summed E-state index contributed by atoms with van der Waals surface area (Å²) < 4.78 is 11.5. The zero-order valence-corrected chi connectivity index (χ0v) is 19.4. The van der Waals surface area contributed by atoms with Crippen molar-refractivity contribution >= 4 is 50.9 Å². The van der Waals surface area contributed by atoms with Crippen molar-refractivity contribution < 1.29 is 19.1 Å². The Kier molecular flexibility index (Phi) is 7.97. The molecule has 0 fully saturated rings. The number of nitrogens with one attached hydrogen (secondary N) is 2. The summed E-state index contributed by atoms with van der Waals surface area (Å²) in [6, 6.07) is 19.9. The van der Waals surface area contributed by atoms with Crippen LogP contribution in [0.1, 0.15) is 10.4 Å². The number of hydrogen-bond acceptors (Lipinski definition) is 5. The van der Waals surface area contributed by atoms with Crippen LogP contribution in [0.2, 0.25) is 0 Å². The third-order valence-corrected chi connectivity index (χ3v) is 5.77. The first-order valence-corrected chi connectivity index (χ1v) is 11.1. The Morgan fingerprint density at radius 2 is 1.52 bits per heavy atom. The van der Waals surface area contributed by atoms with Gasteiger partial charge in [0, 0.05) is 20.7 Å². The molecular weight excluding hydrogens is 480 g/mol. The van der Waals surface area contributed by atoms with Crippen LogP contribution in [0.4, 0.5) is 11.4 Å². The van der Waals surface area contributed by atoms with Crippen molar-refractivity contribution in [3.63, 3.8) is 0 Å². The molecule has 6 nitrogen and oxygen atoms in total. The van der Waals surface area contributed by atoms with Gasteiger partial charge in [-0.05, 0) is 54.6 Å². The maximum atomic E-state index is 12.8. The number of carbonyl (C=O) groups excluding carboxylic acids is 2. The normalized spacial score (nSPS) is 10.3. The summed E-state index contributed by atoms with van der Waals surface area (Å²) in [4.78, 5) is 25.9. The van der Waals surface area contributed by atoms with Crippen LogP contribution in [-0.4, -0.2) is 31.8 Å². The molecule has 3 aromatic carbocycles. The predicted molar refractivity (Wildman–Crippen MR) is 127 cm³/mol. The molecule has 31 heavy (non-hydrogen) atoms. The molecule has 0 saturated heterocycles. The number of thioether (sulfide) groups is 1. The minimum absolute atomic E-state index is 0.111. The van der Waals surface area contributed by atoms with E-state index in [1.807, 2.05) is 42.5 Å². The highest BCUT2D eigenvalue weighted by molar-refractivity contribution is 9.10. The SMILES string of the molecule is COc1cccc(OC)c1C(=O)Nc1cccc(SCC(=O)Nc2ccc(Br)cc2)c1. The van der Waals surface area contributed by atoms with E-state index in [1.165, 1.54) is 26.0 Å². The van der Waals surface area contributed by atoms with Gasteiger partial charge < -0.3 is 20.1 Å². The van der Waals surface area contributed by atoms with Crippen molar-refractivity contribution in [2.75, 3.05) is 30.6 Å². The van der Waals surface area contributed by atoms with Gasteiger partial charge >= 0.3 is 0 Å². The number of ether oxygens (including phenoxy) is 2. The molecule has 160 valence electrons. The third-order valence-electron chi connectivity index (χ3n) is 4.24. The van der Waals surface area contributed by atoms with Crippen LogP contribution in [0.3, 0.4) is 0 Å². The Hall–Kier alpha value is -2.97. The summed E-state index contributed by atoms with van der Waals surface area (Å²) in [7, 11) is 3.00. The fourth-order valence-electron chi connectivity index (χ4n) is 2.81. The Morgan fingerprint density at radius 3 is 2.16 bits per heavy atom. The number of anilines is 2. The van der Waals surface area contributed by atoms with Crippen LogP contribution >= 0.6 is 27.7 Å². The van der Waals surface area contributed by atoms with Gasteiger partial charge in [-0.15, -0.1) is 11.8 Å². The molecule has 0 aromatic heterocycles. The molecule has 0 bridgehead atoms. The molecule has 0 aliphatic heterocycles. The van der Waals surface area contributed by atoms with Crippen LogP contribution < -0.4 is 20.1 Å². The third kappa shape index (κ3) is 6.26. The summed E-state index contributed by atoms with van der Waals surface area (Å²) in [5.74, 6) is 0.636. The first-order chi connectivity index (χ1) is 15.0. The van der Waals surface area contributed by atoms with Gasteiger partial charge in [0.25, 0.3) is 5.91 Å². The van der Waals surface area contributed by atoms with E-state index in [0.29, 0.717) is 22.7 Å². The van der Waals surface area contributed by atoms with E-state index < -0.39 is 0 Å². The first-order valence-electron chi connectivity index (χ1n) is 9.31. The minimum Gasteiger partial charge on any atom is -0.496 e. The maximum absolute atomic E-state index is 12.8. The van der Waals surface area contributed by atoms with E-state index in [1.54, 1.807) is 24.3 Å². The van der Waals surface area contributed by atoms with Crippen molar-refractivity contribution in [3.8, 4) is 11.5 Å². The number of hydrogen-bond donors (Lipinski definition) is 2. The van der Waals surface area contributed by atoms with E-state index in [0.717, 1.165) is 15.1 Å². The molecule has 0 atom stereocenters. The van der Waals surface area contributed by atoms with Gasteiger partial charge in [0.2, 0.25) is 5.91 Å². The molecule has 3 rings (SSSR count). The van der Waals surface area contributed by atoms with Crippen LogP contribution in [0.25, 0.3) is 0 Å². The quantitative estimate of drug-likeness (QED) is 0.402. The highest BCUT2D eigenvalue weighted by Crippen LogP contribution is 2.30. The molecule has 0 heterocycles. The molecule has 0 spiro atoms. The average molecular weight is 501 g/mol. The zero-order valence-electron chi connectivity index (χ0n) is 17.0. The summed E-state index contributed by atoms with van der Waals surface area (Å²) in [5.41, 5.74) is 1.66. The summed E-state index contributed by atoms with van der Waals surface area (Å²) in [6.45, 7) is 0. The minimum atomic E-state index is -0.343. The van der Waals surface area contributed by atoms with Gasteiger partial charge in [-0.2, -0.15) is 0 Å². The molecule has 0 unspecified atom stereocenters. The van der Waals surface area contributed by atoms with Crippen molar-refractivity contribution in [1.29, 1.82) is 0 Å². The maximum Gasteiger partial charge on any atom is 0.263 e. The largest absolute Gasteiger partial charge is 0.496 e. The lowest BCUT2D eigenvalue weighted by Crippen LogP contribution is -2.15. The Morgan fingerprint density at radius 1 is 0.871 bits per heavy atom. The molecular formula is C23H21BrN2O4S. The number of carbonyl (C=O) groups is 2. The van der Waals surface area contributed by atoms with Crippen molar-refractivity contribution in [1.82, 2.24) is 0 Å². The van der Waals surface area contributed by atoms with Gasteiger partial charge in [0.05, 0.1) is 20.0 Å². The van der Waals surface area contributed by atoms with Crippen molar-refractivity contribution in [2.45, 2.75) is 4.90 Å². The molecule has 0 aliphatic rings. The van der Waals surface area contributed by atoms with E-state index >= 15 is 0 Å².